The summed E-state index contributed by atoms with van der Waals surface area (Å²) in [5, 5.41) is 6.41. The molecule has 0 aliphatic rings. The minimum atomic E-state index is -0.364. The van der Waals surface area contributed by atoms with Crippen molar-refractivity contribution in [2.75, 3.05) is 46.6 Å². The zero-order valence-electron chi connectivity index (χ0n) is 15.4. The number of benzene rings is 1. The van der Waals surface area contributed by atoms with Gasteiger partial charge in [-0.1, -0.05) is 12.1 Å². The number of nitrogens with zero attached hydrogens (tertiary/aromatic N) is 1. The van der Waals surface area contributed by atoms with Crippen LogP contribution in [0.4, 0.5) is 4.39 Å². The lowest BCUT2D eigenvalue weighted by molar-refractivity contribution is 0.0698. The van der Waals surface area contributed by atoms with E-state index in [1.54, 1.807) is 25.3 Å². The van der Waals surface area contributed by atoms with Gasteiger partial charge in [0, 0.05) is 26.8 Å². The molecule has 0 radical (unpaired) electrons. The van der Waals surface area contributed by atoms with Crippen molar-refractivity contribution in [3.63, 3.8) is 0 Å². The smallest absolute Gasteiger partial charge is 0.191 e. The SMILES string of the molecule is CCNC(=NCC(C)Oc1ccccc1F)NCCCOCCOC. The molecular weight excluding hydrogens is 325 g/mol. The summed E-state index contributed by atoms with van der Waals surface area (Å²) in [6, 6.07) is 6.38. The lowest BCUT2D eigenvalue weighted by atomic mass is 10.3. The third-order valence-electron chi connectivity index (χ3n) is 3.21. The van der Waals surface area contributed by atoms with Crippen LogP contribution in [0.25, 0.3) is 0 Å². The Kier molecular flexibility index (Phi) is 11.4. The van der Waals surface area contributed by atoms with Crippen LogP contribution in [-0.4, -0.2) is 58.6 Å². The highest BCUT2D eigenvalue weighted by molar-refractivity contribution is 5.79. The zero-order valence-corrected chi connectivity index (χ0v) is 15.4. The maximum absolute atomic E-state index is 13.6. The van der Waals surface area contributed by atoms with Gasteiger partial charge in [-0.3, -0.25) is 0 Å². The Labute approximate surface area is 149 Å². The summed E-state index contributed by atoms with van der Waals surface area (Å²) in [7, 11) is 1.65. The van der Waals surface area contributed by atoms with Crippen LogP contribution in [0.1, 0.15) is 20.3 Å². The molecule has 1 atom stereocenters. The molecule has 0 aliphatic carbocycles. The molecule has 0 fully saturated rings. The number of nitrogens with one attached hydrogen (secondary N) is 2. The molecule has 0 aromatic heterocycles. The van der Waals surface area contributed by atoms with E-state index in [0.29, 0.717) is 32.3 Å². The van der Waals surface area contributed by atoms with E-state index in [2.05, 4.69) is 15.6 Å². The summed E-state index contributed by atoms with van der Waals surface area (Å²) in [4.78, 5) is 4.47. The molecular formula is C18H30FN3O3. The average Bonchev–Trinajstić information content (AvgIpc) is 2.60. The van der Waals surface area contributed by atoms with Crippen LogP contribution in [0.3, 0.4) is 0 Å². The lowest BCUT2D eigenvalue weighted by Gasteiger charge is -2.15. The topological polar surface area (TPSA) is 64.1 Å². The largest absolute Gasteiger partial charge is 0.486 e. The monoisotopic (exact) mass is 355 g/mol. The molecule has 7 heteroatoms. The third kappa shape index (κ3) is 9.89. The second-order valence-corrected chi connectivity index (χ2v) is 5.46. The summed E-state index contributed by atoms with van der Waals surface area (Å²) in [6.07, 6.45) is 0.639. The first-order valence-electron chi connectivity index (χ1n) is 8.67. The second kappa shape index (κ2) is 13.4. The van der Waals surface area contributed by atoms with Crippen molar-refractivity contribution in [3.05, 3.63) is 30.1 Å². The van der Waals surface area contributed by atoms with E-state index in [9.17, 15) is 4.39 Å². The molecule has 0 heterocycles. The molecule has 1 aromatic carbocycles. The van der Waals surface area contributed by atoms with E-state index in [0.717, 1.165) is 19.5 Å². The van der Waals surface area contributed by atoms with Gasteiger partial charge in [0.05, 0.1) is 19.8 Å². The van der Waals surface area contributed by atoms with Gasteiger partial charge in [0.1, 0.15) is 6.10 Å². The van der Waals surface area contributed by atoms with Crippen LogP contribution in [0, 0.1) is 5.82 Å². The summed E-state index contributed by atoms with van der Waals surface area (Å²) < 4.78 is 29.5. The van der Waals surface area contributed by atoms with Gasteiger partial charge in [-0.05, 0) is 32.4 Å². The molecule has 0 amide bonds. The highest BCUT2D eigenvalue weighted by Gasteiger charge is 2.08. The fourth-order valence-corrected chi connectivity index (χ4v) is 1.98. The van der Waals surface area contributed by atoms with Crippen LogP contribution in [-0.2, 0) is 9.47 Å². The Morgan fingerprint density at radius 2 is 2.00 bits per heavy atom. The van der Waals surface area contributed by atoms with E-state index in [4.69, 9.17) is 14.2 Å². The Morgan fingerprint density at radius 3 is 2.72 bits per heavy atom. The van der Waals surface area contributed by atoms with Gasteiger partial charge in [0.2, 0.25) is 0 Å². The van der Waals surface area contributed by atoms with E-state index >= 15 is 0 Å². The molecule has 1 unspecified atom stereocenters. The third-order valence-corrected chi connectivity index (χ3v) is 3.21. The highest BCUT2D eigenvalue weighted by Crippen LogP contribution is 2.16. The van der Waals surface area contributed by atoms with Crippen molar-refractivity contribution in [3.8, 4) is 5.75 Å². The Morgan fingerprint density at radius 1 is 1.20 bits per heavy atom. The van der Waals surface area contributed by atoms with Gasteiger partial charge < -0.3 is 24.8 Å². The molecule has 0 saturated carbocycles. The number of hydrogen-bond acceptors (Lipinski definition) is 4. The first-order chi connectivity index (χ1) is 12.2. The van der Waals surface area contributed by atoms with Crippen LogP contribution in [0.5, 0.6) is 5.75 Å². The Hall–Kier alpha value is -1.86. The minimum absolute atomic E-state index is 0.232. The summed E-state index contributed by atoms with van der Waals surface area (Å²) in [5.74, 6) is 0.594. The molecule has 6 nitrogen and oxygen atoms in total. The predicted molar refractivity (Wildman–Crippen MR) is 97.8 cm³/mol. The average molecular weight is 355 g/mol. The summed E-state index contributed by atoms with van der Waals surface area (Å²) in [6.45, 7) is 7.69. The number of halogens is 1. The molecule has 2 N–H and O–H groups in total. The Bertz CT molecular complexity index is 500. The van der Waals surface area contributed by atoms with E-state index in [-0.39, 0.29) is 17.7 Å². The van der Waals surface area contributed by atoms with E-state index in [1.165, 1.54) is 6.07 Å². The van der Waals surface area contributed by atoms with Crippen LogP contribution < -0.4 is 15.4 Å². The molecule has 0 aliphatic heterocycles. The van der Waals surface area contributed by atoms with Gasteiger partial charge in [-0.25, -0.2) is 9.38 Å². The quantitative estimate of drug-likeness (QED) is 0.342. The normalized spacial score (nSPS) is 12.7. The van der Waals surface area contributed by atoms with Gasteiger partial charge in [0.25, 0.3) is 0 Å². The van der Waals surface area contributed by atoms with Crippen molar-refractivity contribution >= 4 is 5.96 Å². The van der Waals surface area contributed by atoms with Crippen molar-refractivity contribution in [1.82, 2.24) is 10.6 Å². The van der Waals surface area contributed by atoms with Gasteiger partial charge in [-0.2, -0.15) is 0 Å². The highest BCUT2D eigenvalue weighted by atomic mass is 19.1. The minimum Gasteiger partial charge on any atom is -0.486 e. The molecule has 25 heavy (non-hydrogen) atoms. The number of ether oxygens (including phenoxy) is 3. The molecule has 142 valence electrons. The molecule has 0 spiro atoms. The number of rotatable bonds is 12. The molecule has 0 saturated heterocycles. The van der Waals surface area contributed by atoms with Crippen molar-refractivity contribution in [2.45, 2.75) is 26.4 Å². The summed E-state index contributed by atoms with van der Waals surface area (Å²) >= 11 is 0. The van der Waals surface area contributed by atoms with Crippen molar-refractivity contribution in [1.29, 1.82) is 0 Å². The fourth-order valence-electron chi connectivity index (χ4n) is 1.98. The van der Waals surface area contributed by atoms with Crippen LogP contribution in [0.15, 0.2) is 29.3 Å². The second-order valence-electron chi connectivity index (χ2n) is 5.46. The van der Waals surface area contributed by atoms with E-state index in [1.807, 2.05) is 13.8 Å². The summed E-state index contributed by atoms with van der Waals surface area (Å²) in [5.41, 5.74) is 0. The first kappa shape index (κ1) is 21.2. The number of para-hydroxylation sites is 1. The first-order valence-corrected chi connectivity index (χ1v) is 8.67. The molecule has 1 aromatic rings. The van der Waals surface area contributed by atoms with Crippen LogP contribution in [0.2, 0.25) is 0 Å². The predicted octanol–water partition coefficient (Wildman–Crippen LogP) is 2.20. The van der Waals surface area contributed by atoms with E-state index < -0.39 is 0 Å². The van der Waals surface area contributed by atoms with Gasteiger partial charge in [0.15, 0.2) is 17.5 Å². The lowest BCUT2D eigenvalue weighted by Crippen LogP contribution is -2.38. The number of aliphatic imine (C=N–C) groups is 1. The van der Waals surface area contributed by atoms with Crippen molar-refractivity contribution < 1.29 is 18.6 Å². The maximum atomic E-state index is 13.6. The van der Waals surface area contributed by atoms with Crippen molar-refractivity contribution in [2.24, 2.45) is 4.99 Å². The zero-order chi connectivity index (χ0) is 18.3. The number of guanidine groups is 1. The molecule has 0 bridgehead atoms. The molecule has 1 rings (SSSR count). The fraction of sp³-hybridized carbons (Fsp3) is 0.611. The van der Waals surface area contributed by atoms with Gasteiger partial charge >= 0.3 is 0 Å². The maximum Gasteiger partial charge on any atom is 0.191 e. The van der Waals surface area contributed by atoms with Gasteiger partial charge in [-0.15, -0.1) is 0 Å². The number of methoxy groups -OCH3 is 1. The Balaban J connectivity index is 2.32. The number of hydrogen-bond donors (Lipinski definition) is 2. The standard InChI is InChI=1S/C18H30FN3O3/c1-4-20-18(21-10-7-11-24-13-12-23-3)22-14-15(2)25-17-9-6-5-8-16(17)19/h5-6,8-9,15H,4,7,10-14H2,1-3H3,(H2,20,21,22). The van der Waals surface area contributed by atoms with Crippen LogP contribution >= 0.6 is 0 Å².